The molecule has 0 bridgehead atoms. The number of benzene rings is 2. The zero-order valence-electron chi connectivity index (χ0n) is 23.2. The quantitative estimate of drug-likeness (QED) is 0.302. The number of piperazine rings is 1. The monoisotopic (exact) mass is 718 g/mol. The number of sulfonamides is 1. The lowest BCUT2D eigenvalue weighted by atomic mass is 9.92. The number of carbonyl (C=O) groups excluding carboxylic acids is 2. The van der Waals surface area contributed by atoms with Crippen LogP contribution in [0, 0.1) is 0 Å². The maximum atomic E-state index is 14.3. The molecule has 2 amide bonds. The van der Waals surface area contributed by atoms with Crippen LogP contribution < -0.4 is 4.90 Å². The van der Waals surface area contributed by atoms with Crippen LogP contribution in [0.4, 0.5) is 11.6 Å². The summed E-state index contributed by atoms with van der Waals surface area (Å²) in [5.74, 6) is -1.02. The molecule has 1 fully saturated rings. The van der Waals surface area contributed by atoms with Crippen molar-refractivity contribution in [1.82, 2.24) is 23.7 Å². The van der Waals surface area contributed by atoms with Gasteiger partial charge in [-0.1, -0.05) is 51.3 Å². The van der Waals surface area contributed by atoms with Crippen LogP contribution in [0.15, 0.2) is 76.5 Å². The summed E-state index contributed by atoms with van der Waals surface area (Å²) in [7, 11) is -4.19. The minimum atomic E-state index is -4.19. The fourth-order valence-corrected chi connectivity index (χ4v) is 7.98. The molecule has 0 radical (unpaired) electrons. The second-order valence-electron chi connectivity index (χ2n) is 10.6. The van der Waals surface area contributed by atoms with E-state index >= 15 is 0 Å². The molecule has 6 rings (SSSR count). The Balaban J connectivity index is 1.36. The Morgan fingerprint density at radius 3 is 2.32 bits per heavy atom. The summed E-state index contributed by atoms with van der Waals surface area (Å²) in [6, 6.07) is 15.0. The van der Waals surface area contributed by atoms with E-state index in [1.54, 1.807) is 19.1 Å². The minimum Gasteiger partial charge on any atom is -0.505 e. The van der Waals surface area contributed by atoms with E-state index in [9.17, 15) is 23.1 Å². The highest BCUT2D eigenvalue weighted by Crippen LogP contribution is 2.45. The van der Waals surface area contributed by atoms with E-state index in [2.05, 4.69) is 25.9 Å². The van der Waals surface area contributed by atoms with Crippen molar-refractivity contribution in [2.45, 2.75) is 23.9 Å². The van der Waals surface area contributed by atoms with Crippen LogP contribution in [-0.2, 0) is 26.8 Å². The first kappa shape index (κ1) is 30.5. The minimum absolute atomic E-state index is 0.00678. The number of halogens is 3. The van der Waals surface area contributed by atoms with Crippen molar-refractivity contribution in [3.63, 3.8) is 0 Å². The second-order valence-corrected chi connectivity index (χ2v) is 14.3. The molecule has 11 nitrogen and oxygen atoms in total. The Labute approximate surface area is 271 Å². The van der Waals surface area contributed by atoms with E-state index in [-0.39, 0.29) is 55.0 Å². The van der Waals surface area contributed by atoms with Gasteiger partial charge < -0.3 is 10.0 Å². The number of hydrogen-bond acceptors (Lipinski definition) is 7. The van der Waals surface area contributed by atoms with Gasteiger partial charge >= 0.3 is 0 Å². The molecule has 1 atom stereocenters. The molecule has 228 valence electrons. The first-order chi connectivity index (χ1) is 20.9. The predicted molar refractivity (Wildman–Crippen MR) is 168 cm³/mol. The van der Waals surface area contributed by atoms with Gasteiger partial charge in [0.1, 0.15) is 11.3 Å². The number of rotatable bonds is 6. The van der Waals surface area contributed by atoms with Gasteiger partial charge in [0.2, 0.25) is 5.95 Å². The molecular formula is C29H25BrCl2N6O5S. The number of amides is 2. The molecule has 15 heteroatoms. The topological polar surface area (TPSA) is 129 Å². The SMILES string of the molecule is C[C@@]1(Cc2ccc(Br)cc2)C(=O)N(c2cc(Cl)cc(Cl)c2)c2ncc(S(=O)(=O)N3CCN(C(=O)c4ncccc4O)CC3)n21. The Morgan fingerprint density at radius 2 is 1.68 bits per heavy atom. The smallest absolute Gasteiger partial charge is 0.276 e. The lowest BCUT2D eigenvalue weighted by Crippen LogP contribution is -2.51. The number of anilines is 2. The zero-order chi connectivity index (χ0) is 31.4. The van der Waals surface area contributed by atoms with Crippen LogP contribution in [0.2, 0.25) is 10.0 Å². The second kappa shape index (κ2) is 11.5. The number of pyridine rings is 1. The molecule has 4 heterocycles. The van der Waals surface area contributed by atoms with Gasteiger partial charge in [0.15, 0.2) is 10.7 Å². The van der Waals surface area contributed by atoms with Gasteiger partial charge in [-0.15, -0.1) is 0 Å². The number of aromatic nitrogens is 3. The van der Waals surface area contributed by atoms with Gasteiger partial charge in [-0.25, -0.2) is 23.3 Å². The van der Waals surface area contributed by atoms with Gasteiger partial charge in [-0.05, 0) is 55.0 Å². The van der Waals surface area contributed by atoms with Crippen molar-refractivity contribution >= 4 is 72.6 Å². The first-order valence-corrected chi connectivity index (χ1v) is 16.5. The first-order valence-electron chi connectivity index (χ1n) is 13.5. The van der Waals surface area contributed by atoms with Crippen molar-refractivity contribution in [2.24, 2.45) is 0 Å². The summed E-state index contributed by atoms with van der Waals surface area (Å²) in [6.07, 6.45) is 2.83. The van der Waals surface area contributed by atoms with Crippen molar-refractivity contribution < 1.29 is 23.1 Å². The average Bonchev–Trinajstić information content (AvgIpc) is 3.52. The van der Waals surface area contributed by atoms with Crippen LogP contribution in [-0.4, -0.2) is 75.3 Å². The van der Waals surface area contributed by atoms with Crippen molar-refractivity contribution in [2.75, 3.05) is 31.1 Å². The molecular weight excluding hydrogens is 695 g/mol. The number of nitrogens with zero attached hydrogens (tertiary/aromatic N) is 6. The Kier molecular flexibility index (Phi) is 7.95. The van der Waals surface area contributed by atoms with Crippen LogP contribution in [0.1, 0.15) is 23.0 Å². The summed E-state index contributed by atoms with van der Waals surface area (Å²) in [5.41, 5.74) is -0.318. The molecule has 1 saturated heterocycles. The number of imidazole rings is 1. The largest absolute Gasteiger partial charge is 0.505 e. The molecule has 44 heavy (non-hydrogen) atoms. The lowest BCUT2D eigenvalue weighted by Gasteiger charge is -2.34. The van der Waals surface area contributed by atoms with Crippen molar-refractivity contribution in [1.29, 1.82) is 0 Å². The van der Waals surface area contributed by atoms with Crippen LogP contribution in [0.25, 0.3) is 0 Å². The van der Waals surface area contributed by atoms with Gasteiger partial charge in [0, 0.05) is 53.3 Å². The van der Waals surface area contributed by atoms with Crippen molar-refractivity contribution in [3.8, 4) is 5.75 Å². The lowest BCUT2D eigenvalue weighted by molar-refractivity contribution is -0.124. The highest BCUT2D eigenvalue weighted by Gasteiger charge is 2.52. The summed E-state index contributed by atoms with van der Waals surface area (Å²) in [4.78, 5) is 38.4. The summed E-state index contributed by atoms with van der Waals surface area (Å²) in [5, 5.41) is 10.5. The standard InChI is InChI=1S/C29H25BrCl2N6O5S/c1-29(16-18-4-6-19(30)7-5-18)27(41)37(22-14-20(31)13-21(32)15-22)28-34-17-24(38(28)29)44(42,43)36-11-9-35(10-12-36)26(40)25-23(39)3-2-8-33-25/h2-8,13-15,17,39H,9-12,16H2,1H3/t29-/m1/s1. The molecule has 0 aliphatic carbocycles. The van der Waals surface area contributed by atoms with Crippen LogP contribution >= 0.6 is 39.1 Å². The number of carbonyl (C=O) groups is 2. The molecule has 0 unspecified atom stereocenters. The normalized spacial score (nSPS) is 19.0. The van der Waals surface area contributed by atoms with E-state index in [4.69, 9.17) is 23.2 Å². The van der Waals surface area contributed by atoms with E-state index in [0.29, 0.717) is 15.7 Å². The van der Waals surface area contributed by atoms with E-state index in [0.717, 1.165) is 10.0 Å². The molecule has 2 aromatic heterocycles. The molecule has 2 aliphatic heterocycles. The Morgan fingerprint density at radius 1 is 1.02 bits per heavy atom. The fraction of sp³-hybridized carbons (Fsp3) is 0.241. The number of hydrogen-bond donors (Lipinski definition) is 1. The fourth-order valence-electron chi connectivity index (χ4n) is 5.59. The number of aromatic hydroxyl groups is 1. The maximum Gasteiger partial charge on any atom is 0.276 e. The van der Waals surface area contributed by atoms with E-state index < -0.39 is 27.4 Å². The van der Waals surface area contributed by atoms with Gasteiger partial charge in [0.05, 0.1) is 11.9 Å². The molecule has 4 aromatic rings. The zero-order valence-corrected chi connectivity index (χ0v) is 27.1. The summed E-state index contributed by atoms with van der Waals surface area (Å²) in [6.45, 7) is 1.83. The highest BCUT2D eigenvalue weighted by atomic mass is 79.9. The number of fused-ring (bicyclic) bond motifs is 1. The van der Waals surface area contributed by atoms with Gasteiger partial charge in [0.25, 0.3) is 21.8 Å². The molecule has 2 aliphatic rings. The van der Waals surface area contributed by atoms with Gasteiger partial charge in [-0.2, -0.15) is 4.31 Å². The third-order valence-electron chi connectivity index (χ3n) is 7.75. The Bertz CT molecular complexity index is 1880. The maximum absolute atomic E-state index is 14.3. The Hall–Kier alpha value is -3.49. The summed E-state index contributed by atoms with van der Waals surface area (Å²) >= 11 is 16.0. The summed E-state index contributed by atoms with van der Waals surface area (Å²) < 4.78 is 32.0. The molecule has 1 N–H and O–H groups in total. The third-order valence-corrected chi connectivity index (χ3v) is 10.6. The third kappa shape index (κ3) is 5.26. The van der Waals surface area contributed by atoms with Crippen LogP contribution in [0.5, 0.6) is 5.75 Å². The van der Waals surface area contributed by atoms with Crippen LogP contribution in [0.3, 0.4) is 0 Å². The predicted octanol–water partition coefficient (Wildman–Crippen LogP) is 4.84. The molecule has 0 spiro atoms. The highest BCUT2D eigenvalue weighted by molar-refractivity contribution is 9.10. The molecule has 0 saturated carbocycles. The van der Waals surface area contributed by atoms with E-state index in [1.165, 1.54) is 49.3 Å². The van der Waals surface area contributed by atoms with Gasteiger partial charge in [-0.3, -0.25) is 14.2 Å². The van der Waals surface area contributed by atoms with Crippen molar-refractivity contribution in [3.05, 3.63) is 92.8 Å². The van der Waals surface area contributed by atoms with E-state index in [1.807, 2.05) is 24.3 Å². The molecule has 2 aromatic carbocycles. The average molecular weight is 720 g/mol.